The fourth-order valence-electron chi connectivity index (χ4n) is 8.43. The Morgan fingerprint density at radius 3 is 2.05 bits per heavy atom. The van der Waals surface area contributed by atoms with E-state index in [2.05, 4.69) is 15.2 Å². The Morgan fingerprint density at radius 1 is 0.764 bits per heavy atom. The molecule has 3 aliphatic rings. The first-order chi connectivity index (χ1) is 26.6. The number of halogens is 1. The first kappa shape index (κ1) is 40.0. The molecule has 3 saturated heterocycles. The third-order valence-electron chi connectivity index (χ3n) is 11.7. The Labute approximate surface area is 323 Å². The summed E-state index contributed by atoms with van der Waals surface area (Å²) in [5.41, 5.74) is 4.39. The first-order valence-corrected chi connectivity index (χ1v) is 19.2. The SMILES string of the molecule is CCOC(=O)CN1CCN(NC(=O)C2(c3ccccc3)CCN(CCC3(c4cccc(F)c4)CCN(C(=O)c4cc(OC)c(OC)c(OC)c4)C3)CC2)CC1. The van der Waals surface area contributed by atoms with Crippen molar-refractivity contribution < 1.29 is 37.7 Å². The van der Waals surface area contributed by atoms with E-state index in [9.17, 15) is 18.8 Å². The molecule has 0 aliphatic carbocycles. The minimum atomic E-state index is -0.697. The van der Waals surface area contributed by atoms with Crippen molar-refractivity contribution in [1.82, 2.24) is 25.1 Å². The van der Waals surface area contributed by atoms with Gasteiger partial charge in [0.05, 0.1) is 39.9 Å². The summed E-state index contributed by atoms with van der Waals surface area (Å²) in [5.74, 6) is 0.520. The van der Waals surface area contributed by atoms with Gasteiger partial charge in [0.25, 0.3) is 5.91 Å². The molecule has 296 valence electrons. The van der Waals surface area contributed by atoms with Gasteiger partial charge in [0.1, 0.15) is 5.82 Å². The number of benzene rings is 3. The molecule has 3 aromatic carbocycles. The van der Waals surface area contributed by atoms with Gasteiger partial charge in [-0.15, -0.1) is 0 Å². The molecule has 3 aromatic rings. The molecule has 13 heteroatoms. The Bertz CT molecular complexity index is 1770. The van der Waals surface area contributed by atoms with Gasteiger partial charge in [-0.2, -0.15) is 0 Å². The lowest BCUT2D eigenvalue weighted by molar-refractivity contribution is -0.145. The second-order valence-corrected chi connectivity index (χ2v) is 14.7. The summed E-state index contributed by atoms with van der Waals surface area (Å²) in [6.45, 7) is 8.06. The Hall–Kier alpha value is -4.72. The number of piperidine rings is 1. The monoisotopic (exact) mass is 759 g/mol. The van der Waals surface area contributed by atoms with Gasteiger partial charge in [-0.25, -0.2) is 9.40 Å². The number of nitrogens with one attached hydrogen (secondary N) is 1. The minimum absolute atomic E-state index is 0.00911. The van der Waals surface area contributed by atoms with Crippen molar-refractivity contribution >= 4 is 17.8 Å². The van der Waals surface area contributed by atoms with Gasteiger partial charge in [0, 0.05) is 50.2 Å². The molecule has 1 N–H and O–H groups in total. The van der Waals surface area contributed by atoms with Gasteiger partial charge >= 0.3 is 5.97 Å². The summed E-state index contributed by atoms with van der Waals surface area (Å²) >= 11 is 0. The quantitative estimate of drug-likeness (QED) is 0.239. The minimum Gasteiger partial charge on any atom is -0.493 e. The molecule has 0 saturated carbocycles. The van der Waals surface area contributed by atoms with Crippen LogP contribution in [-0.4, -0.2) is 131 Å². The molecule has 6 rings (SSSR count). The smallest absolute Gasteiger partial charge is 0.320 e. The van der Waals surface area contributed by atoms with Crippen molar-refractivity contribution in [3.8, 4) is 17.2 Å². The van der Waals surface area contributed by atoms with Crippen LogP contribution in [0.15, 0.2) is 66.7 Å². The average Bonchev–Trinajstić information content (AvgIpc) is 3.66. The predicted octanol–water partition coefficient (Wildman–Crippen LogP) is 4.27. The summed E-state index contributed by atoms with van der Waals surface area (Å²) in [4.78, 5) is 46.5. The number of rotatable bonds is 14. The molecule has 1 unspecified atom stereocenters. The fourth-order valence-corrected chi connectivity index (χ4v) is 8.43. The number of esters is 1. The van der Waals surface area contributed by atoms with E-state index in [1.807, 2.05) is 46.3 Å². The molecule has 55 heavy (non-hydrogen) atoms. The number of methoxy groups -OCH3 is 3. The van der Waals surface area contributed by atoms with Gasteiger partial charge in [0.2, 0.25) is 11.7 Å². The van der Waals surface area contributed by atoms with Crippen molar-refractivity contribution in [3.05, 3.63) is 89.2 Å². The molecule has 0 spiro atoms. The standard InChI is InChI=1S/C42H54FN5O7/c1-5-55-37(49)29-46-22-24-48(25-23-46)44-40(51)42(32-10-7-6-8-11-32)16-19-45(20-17-42)18-14-41(33-12-9-13-34(43)28-33)15-21-47(30-41)39(50)31-26-35(52-2)38(54-4)36(27-31)53-3/h6-13,26-28H,5,14-25,29-30H2,1-4H3,(H,44,51). The summed E-state index contributed by atoms with van der Waals surface area (Å²) in [6.07, 6.45) is 2.69. The van der Waals surface area contributed by atoms with E-state index in [-0.39, 0.29) is 30.1 Å². The molecule has 12 nitrogen and oxygen atoms in total. The molecule has 3 heterocycles. The number of piperazine rings is 1. The van der Waals surface area contributed by atoms with Crippen LogP contribution in [0.5, 0.6) is 17.2 Å². The predicted molar refractivity (Wildman–Crippen MR) is 206 cm³/mol. The van der Waals surface area contributed by atoms with Crippen LogP contribution >= 0.6 is 0 Å². The van der Waals surface area contributed by atoms with E-state index in [0.717, 1.165) is 24.1 Å². The Morgan fingerprint density at radius 2 is 1.44 bits per heavy atom. The van der Waals surface area contributed by atoms with E-state index in [0.29, 0.717) is 101 Å². The molecule has 0 radical (unpaired) electrons. The maximum Gasteiger partial charge on any atom is 0.320 e. The van der Waals surface area contributed by atoms with Crippen LogP contribution in [0.25, 0.3) is 0 Å². The number of hydrazine groups is 1. The first-order valence-electron chi connectivity index (χ1n) is 19.2. The highest BCUT2D eigenvalue weighted by Crippen LogP contribution is 2.42. The Balaban J connectivity index is 1.13. The van der Waals surface area contributed by atoms with Crippen molar-refractivity contribution in [2.24, 2.45) is 0 Å². The second kappa shape index (κ2) is 17.8. The van der Waals surface area contributed by atoms with Crippen molar-refractivity contribution in [1.29, 1.82) is 0 Å². The molecule has 3 fully saturated rings. The molecule has 3 aliphatic heterocycles. The van der Waals surface area contributed by atoms with Gasteiger partial charge in [0.15, 0.2) is 11.5 Å². The second-order valence-electron chi connectivity index (χ2n) is 14.7. The number of carbonyl (C=O) groups excluding carboxylic acids is 3. The van der Waals surface area contributed by atoms with Crippen LogP contribution < -0.4 is 19.6 Å². The normalized spacial score (nSPS) is 20.5. The largest absolute Gasteiger partial charge is 0.493 e. The zero-order valence-corrected chi connectivity index (χ0v) is 32.5. The third kappa shape index (κ3) is 8.90. The maximum absolute atomic E-state index is 14.7. The highest BCUT2D eigenvalue weighted by atomic mass is 19.1. The Kier molecular flexibility index (Phi) is 12.9. The maximum atomic E-state index is 14.7. The van der Waals surface area contributed by atoms with E-state index in [4.69, 9.17) is 18.9 Å². The van der Waals surface area contributed by atoms with Gasteiger partial charge in [-0.05, 0) is 87.6 Å². The lowest BCUT2D eigenvalue weighted by Gasteiger charge is -2.43. The van der Waals surface area contributed by atoms with Crippen LogP contribution in [0.4, 0.5) is 4.39 Å². The molecule has 2 amide bonds. The van der Waals surface area contributed by atoms with Gasteiger partial charge < -0.3 is 28.7 Å². The van der Waals surface area contributed by atoms with Crippen LogP contribution in [-0.2, 0) is 25.2 Å². The zero-order chi connectivity index (χ0) is 39.0. The third-order valence-corrected chi connectivity index (χ3v) is 11.7. The van der Waals surface area contributed by atoms with Crippen LogP contribution in [0.1, 0.15) is 54.1 Å². The summed E-state index contributed by atoms with van der Waals surface area (Å²) in [7, 11) is 4.56. The molecule has 0 aromatic heterocycles. The van der Waals surface area contributed by atoms with Gasteiger partial charge in [-0.3, -0.25) is 24.7 Å². The van der Waals surface area contributed by atoms with Crippen LogP contribution in [0.3, 0.4) is 0 Å². The number of ether oxygens (including phenoxy) is 4. The summed E-state index contributed by atoms with van der Waals surface area (Å²) in [5, 5.41) is 1.97. The average molecular weight is 760 g/mol. The molecule has 1 atom stereocenters. The van der Waals surface area contributed by atoms with Crippen LogP contribution in [0.2, 0.25) is 0 Å². The van der Waals surface area contributed by atoms with E-state index in [1.54, 1.807) is 31.2 Å². The molecule has 0 bridgehead atoms. The zero-order valence-electron chi connectivity index (χ0n) is 32.5. The summed E-state index contributed by atoms with van der Waals surface area (Å²) < 4.78 is 36.3. The van der Waals surface area contributed by atoms with Crippen LogP contribution in [0, 0.1) is 5.82 Å². The number of hydrogen-bond acceptors (Lipinski definition) is 10. The molecular formula is C42H54FN5O7. The van der Waals surface area contributed by atoms with Crippen molar-refractivity contribution in [3.63, 3.8) is 0 Å². The van der Waals surface area contributed by atoms with Crippen molar-refractivity contribution in [2.45, 2.75) is 43.4 Å². The topological polar surface area (TPSA) is 113 Å². The highest BCUT2D eigenvalue weighted by molar-refractivity contribution is 5.96. The summed E-state index contributed by atoms with van der Waals surface area (Å²) in [6, 6.07) is 20.1. The van der Waals surface area contributed by atoms with E-state index in [1.165, 1.54) is 27.4 Å². The van der Waals surface area contributed by atoms with Gasteiger partial charge in [-0.1, -0.05) is 42.5 Å². The number of carbonyl (C=O) groups is 3. The van der Waals surface area contributed by atoms with Crippen molar-refractivity contribution in [2.75, 3.05) is 93.4 Å². The lowest BCUT2D eigenvalue weighted by atomic mass is 9.71. The van der Waals surface area contributed by atoms with E-state index >= 15 is 0 Å². The molecular weight excluding hydrogens is 705 g/mol. The number of hydrogen-bond donors (Lipinski definition) is 1. The number of likely N-dealkylation sites (tertiary alicyclic amines) is 2. The van der Waals surface area contributed by atoms with E-state index < -0.39 is 10.8 Å². The number of amides is 2. The fraction of sp³-hybridized carbons (Fsp3) is 0.500. The lowest BCUT2D eigenvalue weighted by Crippen LogP contribution is -2.59. The highest BCUT2D eigenvalue weighted by Gasteiger charge is 2.46. The number of nitrogens with zero attached hydrogens (tertiary/aromatic N) is 4.